The van der Waals surface area contributed by atoms with Gasteiger partial charge in [0.15, 0.2) is 4.34 Å². The van der Waals surface area contributed by atoms with Crippen molar-refractivity contribution in [2.75, 3.05) is 11.9 Å². The summed E-state index contributed by atoms with van der Waals surface area (Å²) < 4.78 is 1.12. The van der Waals surface area contributed by atoms with E-state index < -0.39 is 0 Å². The summed E-state index contributed by atoms with van der Waals surface area (Å²) >= 11 is 9.39. The number of anilines is 1. The van der Waals surface area contributed by atoms with Gasteiger partial charge in [-0.25, -0.2) is 0 Å². The quantitative estimate of drug-likeness (QED) is 0.200. The van der Waals surface area contributed by atoms with Crippen molar-refractivity contribution in [2.24, 2.45) is 0 Å². The third kappa shape index (κ3) is 6.29. The van der Waals surface area contributed by atoms with Gasteiger partial charge in [0, 0.05) is 5.75 Å². The van der Waals surface area contributed by atoms with Crippen LogP contribution in [-0.4, -0.2) is 37.8 Å². The highest BCUT2D eigenvalue weighted by atomic mass is 32.2. The standard InChI is InChI=1S/C23H20N4O2S4/c1-14-3-7-16(8-4-14)11-18-20(29)27(23(30)32-18)12-19(28)24-21-25-26-22(33-21)31-13-17-9-5-15(2)6-10-17/h3-11H,12-13H2,1-2H3,(H,24,25,28)/b18-11-. The zero-order valence-corrected chi connectivity index (χ0v) is 21.2. The van der Waals surface area contributed by atoms with Crippen molar-refractivity contribution in [2.45, 2.75) is 23.9 Å². The monoisotopic (exact) mass is 512 g/mol. The normalized spacial score (nSPS) is 14.8. The molecule has 0 unspecified atom stereocenters. The first kappa shape index (κ1) is 23.6. The minimum Gasteiger partial charge on any atom is -0.299 e. The minimum atomic E-state index is -0.367. The first-order valence-corrected chi connectivity index (χ1v) is 13.0. The van der Waals surface area contributed by atoms with E-state index in [1.54, 1.807) is 17.8 Å². The average molecular weight is 513 g/mol. The first-order valence-electron chi connectivity index (χ1n) is 10.0. The number of hydrogen-bond acceptors (Lipinski definition) is 8. The van der Waals surface area contributed by atoms with Gasteiger partial charge in [-0.3, -0.25) is 19.8 Å². The largest absolute Gasteiger partial charge is 0.299 e. The number of thiocarbonyl (C=S) groups is 1. The molecule has 2 heterocycles. The number of nitrogens with one attached hydrogen (secondary N) is 1. The van der Waals surface area contributed by atoms with E-state index >= 15 is 0 Å². The molecule has 1 N–H and O–H groups in total. The van der Waals surface area contributed by atoms with Gasteiger partial charge >= 0.3 is 0 Å². The third-order valence-corrected chi connectivity index (χ3v) is 8.11. The van der Waals surface area contributed by atoms with Gasteiger partial charge in [-0.15, -0.1) is 10.2 Å². The van der Waals surface area contributed by atoms with Gasteiger partial charge in [0.2, 0.25) is 11.0 Å². The van der Waals surface area contributed by atoms with Crippen molar-refractivity contribution < 1.29 is 9.59 Å². The molecule has 0 aliphatic carbocycles. The highest BCUT2D eigenvalue weighted by Gasteiger charge is 2.33. The smallest absolute Gasteiger partial charge is 0.266 e. The number of aromatic nitrogens is 2. The van der Waals surface area contributed by atoms with Crippen molar-refractivity contribution in [3.05, 3.63) is 75.7 Å². The van der Waals surface area contributed by atoms with E-state index in [1.807, 2.05) is 31.2 Å². The van der Waals surface area contributed by atoms with Gasteiger partial charge in [0.05, 0.1) is 4.91 Å². The number of amides is 2. The maximum atomic E-state index is 12.8. The van der Waals surface area contributed by atoms with Gasteiger partial charge in [0.1, 0.15) is 10.9 Å². The second-order valence-electron chi connectivity index (χ2n) is 7.37. The van der Waals surface area contributed by atoms with Crippen LogP contribution in [0.5, 0.6) is 0 Å². The van der Waals surface area contributed by atoms with Crippen LogP contribution >= 0.6 is 47.1 Å². The molecule has 2 aromatic carbocycles. The fraction of sp³-hybridized carbons (Fsp3) is 0.174. The highest BCUT2D eigenvalue weighted by Crippen LogP contribution is 2.33. The van der Waals surface area contributed by atoms with Gasteiger partial charge in [0.25, 0.3) is 5.91 Å². The lowest BCUT2D eigenvalue weighted by Gasteiger charge is -2.13. The van der Waals surface area contributed by atoms with Gasteiger partial charge in [-0.2, -0.15) is 0 Å². The molecule has 1 aliphatic rings. The number of carbonyl (C=O) groups excluding carboxylic acids is 2. The second-order valence-corrected chi connectivity index (χ2v) is 11.2. The van der Waals surface area contributed by atoms with Crippen LogP contribution in [0.15, 0.2) is 57.8 Å². The molecule has 3 aromatic rings. The van der Waals surface area contributed by atoms with Gasteiger partial charge < -0.3 is 0 Å². The van der Waals surface area contributed by atoms with Crippen LogP contribution in [0.4, 0.5) is 5.13 Å². The predicted molar refractivity (Wildman–Crippen MR) is 140 cm³/mol. The van der Waals surface area contributed by atoms with E-state index in [9.17, 15) is 9.59 Å². The van der Waals surface area contributed by atoms with Gasteiger partial charge in [-0.1, -0.05) is 107 Å². The summed E-state index contributed by atoms with van der Waals surface area (Å²) in [5.41, 5.74) is 4.47. The van der Waals surface area contributed by atoms with E-state index in [1.165, 1.54) is 39.1 Å². The Morgan fingerprint density at radius 2 is 1.76 bits per heavy atom. The fourth-order valence-corrected chi connectivity index (χ4v) is 5.88. The summed E-state index contributed by atoms with van der Waals surface area (Å²) in [7, 11) is 0. The molecule has 1 aliphatic heterocycles. The average Bonchev–Trinajstić information content (AvgIpc) is 3.34. The summed E-state index contributed by atoms with van der Waals surface area (Å²) in [4.78, 5) is 27.1. The summed E-state index contributed by atoms with van der Waals surface area (Å²) in [6, 6.07) is 16.2. The summed E-state index contributed by atoms with van der Waals surface area (Å²) in [5, 5.41) is 11.3. The molecule has 0 radical (unpaired) electrons. The summed E-state index contributed by atoms with van der Waals surface area (Å²) in [6.45, 7) is 3.89. The number of carbonyl (C=O) groups is 2. The Morgan fingerprint density at radius 3 is 2.45 bits per heavy atom. The summed E-state index contributed by atoms with van der Waals surface area (Å²) in [5.74, 6) is 0.133. The van der Waals surface area contributed by atoms with E-state index in [2.05, 4.69) is 46.7 Å². The van der Waals surface area contributed by atoms with Crippen molar-refractivity contribution in [3.8, 4) is 0 Å². The van der Waals surface area contributed by atoms with E-state index in [0.29, 0.717) is 14.4 Å². The van der Waals surface area contributed by atoms with E-state index in [4.69, 9.17) is 12.2 Å². The molecule has 0 bridgehead atoms. The Hall–Kier alpha value is -2.53. The Labute approximate surface area is 209 Å². The zero-order valence-electron chi connectivity index (χ0n) is 17.9. The van der Waals surface area contributed by atoms with Crippen molar-refractivity contribution in [3.63, 3.8) is 0 Å². The number of rotatable bonds is 7. The lowest BCUT2D eigenvalue weighted by atomic mass is 10.1. The molecule has 1 saturated heterocycles. The van der Waals surface area contributed by atoms with E-state index in [0.717, 1.165) is 21.2 Å². The lowest BCUT2D eigenvalue weighted by molar-refractivity contribution is -0.126. The molecule has 0 atom stereocenters. The number of aryl methyl sites for hydroxylation is 2. The number of benzene rings is 2. The molecule has 33 heavy (non-hydrogen) atoms. The molecule has 2 amide bonds. The highest BCUT2D eigenvalue weighted by molar-refractivity contribution is 8.26. The molecule has 168 valence electrons. The van der Waals surface area contributed by atoms with Crippen LogP contribution in [0, 0.1) is 13.8 Å². The SMILES string of the molecule is Cc1ccc(/C=C2\SC(=S)N(CC(=O)Nc3nnc(SCc4ccc(C)cc4)s3)C2=O)cc1. The zero-order chi connectivity index (χ0) is 23.4. The minimum absolute atomic E-state index is 0.165. The van der Waals surface area contributed by atoms with E-state index in [-0.39, 0.29) is 18.4 Å². The van der Waals surface area contributed by atoms with Crippen LogP contribution in [0.25, 0.3) is 6.08 Å². The molecule has 10 heteroatoms. The Morgan fingerprint density at radius 1 is 1.09 bits per heavy atom. The summed E-state index contributed by atoms with van der Waals surface area (Å²) in [6.07, 6.45) is 1.79. The lowest BCUT2D eigenvalue weighted by Crippen LogP contribution is -2.36. The molecular formula is C23H20N4O2S4. The van der Waals surface area contributed by atoms with Crippen molar-refractivity contribution in [1.82, 2.24) is 15.1 Å². The molecule has 0 saturated carbocycles. The van der Waals surface area contributed by atoms with Crippen molar-refractivity contribution >= 4 is 74.4 Å². The maximum Gasteiger partial charge on any atom is 0.266 e. The Balaban J connectivity index is 1.32. The Kier molecular flexibility index (Phi) is 7.59. The number of hydrogen-bond donors (Lipinski definition) is 1. The molecule has 0 spiro atoms. The fourth-order valence-electron chi connectivity index (χ4n) is 2.90. The topological polar surface area (TPSA) is 75.2 Å². The van der Waals surface area contributed by atoms with Gasteiger partial charge in [-0.05, 0) is 31.1 Å². The second kappa shape index (κ2) is 10.6. The first-order chi connectivity index (χ1) is 15.9. The third-order valence-electron chi connectivity index (χ3n) is 4.69. The van der Waals surface area contributed by atoms with Crippen LogP contribution in [-0.2, 0) is 15.3 Å². The van der Waals surface area contributed by atoms with Crippen LogP contribution in [0.1, 0.15) is 22.3 Å². The molecular weight excluding hydrogens is 493 g/mol. The van der Waals surface area contributed by atoms with Crippen LogP contribution in [0.3, 0.4) is 0 Å². The maximum absolute atomic E-state index is 12.8. The molecule has 4 rings (SSSR count). The number of nitrogens with zero attached hydrogens (tertiary/aromatic N) is 3. The predicted octanol–water partition coefficient (Wildman–Crippen LogP) is 5.29. The molecule has 1 aromatic heterocycles. The van der Waals surface area contributed by atoms with Crippen molar-refractivity contribution in [1.29, 1.82) is 0 Å². The molecule has 1 fully saturated rings. The number of thioether (sulfide) groups is 2. The van der Waals surface area contributed by atoms with Crippen LogP contribution in [0.2, 0.25) is 0 Å². The molecule has 6 nitrogen and oxygen atoms in total. The Bertz CT molecular complexity index is 1220. The van der Waals surface area contributed by atoms with Crippen LogP contribution < -0.4 is 5.32 Å².